The Hall–Kier alpha value is -1.17. The van der Waals surface area contributed by atoms with E-state index in [-0.39, 0.29) is 6.03 Å². The molecule has 2 rings (SSSR count). The van der Waals surface area contributed by atoms with Crippen LogP contribution < -0.4 is 10.2 Å². The predicted octanol–water partition coefficient (Wildman–Crippen LogP) is 2.47. The zero-order valence-corrected chi connectivity index (χ0v) is 13.5. The molecule has 1 aliphatic rings. The lowest BCUT2D eigenvalue weighted by molar-refractivity contribution is 0.177. The molecule has 21 heavy (non-hydrogen) atoms. The highest BCUT2D eigenvalue weighted by atomic mass is 35.5. The standard InChI is InChI=1S/C14H19Cl2N3O2/c1-21-10-5-17-14(20)19-8-6-18(7-9-19)13-11(15)3-2-4-12(13)16/h2-4H,5-10H2,1H3,(H,17,20). The van der Waals surface area contributed by atoms with E-state index in [1.54, 1.807) is 12.0 Å². The minimum atomic E-state index is -0.0584. The monoisotopic (exact) mass is 331 g/mol. The summed E-state index contributed by atoms with van der Waals surface area (Å²) < 4.78 is 4.91. The highest BCUT2D eigenvalue weighted by Crippen LogP contribution is 2.33. The molecule has 0 aromatic heterocycles. The van der Waals surface area contributed by atoms with Crippen LogP contribution in [-0.2, 0) is 4.74 Å². The third-order valence-corrected chi connectivity index (χ3v) is 4.01. The van der Waals surface area contributed by atoms with Gasteiger partial charge < -0.3 is 19.9 Å². The van der Waals surface area contributed by atoms with Crippen LogP contribution in [0.2, 0.25) is 10.0 Å². The first-order chi connectivity index (χ1) is 10.1. The van der Waals surface area contributed by atoms with Crippen LogP contribution in [0.5, 0.6) is 0 Å². The maximum atomic E-state index is 11.9. The number of urea groups is 1. The molecule has 0 atom stereocenters. The van der Waals surface area contributed by atoms with E-state index in [0.717, 1.165) is 5.69 Å². The third-order valence-electron chi connectivity index (χ3n) is 3.40. The maximum absolute atomic E-state index is 11.9. The summed E-state index contributed by atoms with van der Waals surface area (Å²) in [5.41, 5.74) is 0.847. The lowest BCUT2D eigenvalue weighted by atomic mass is 10.2. The summed E-state index contributed by atoms with van der Waals surface area (Å²) in [6.45, 7) is 3.73. The summed E-state index contributed by atoms with van der Waals surface area (Å²) in [4.78, 5) is 15.8. The Balaban J connectivity index is 1.90. The van der Waals surface area contributed by atoms with E-state index in [1.165, 1.54) is 0 Å². The van der Waals surface area contributed by atoms with Crippen molar-refractivity contribution >= 4 is 34.9 Å². The molecule has 1 aliphatic heterocycles. The predicted molar refractivity (Wildman–Crippen MR) is 85.5 cm³/mol. The number of piperazine rings is 1. The molecule has 0 unspecified atom stereocenters. The number of benzene rings is 1. The lowest BCUT2D eigenvalue weighted by Gasteiger charge is -2.36. The average molecular weight is 332 g/mol. The quantitative estimate of drug-likeness (QED) is 0.862. The molecule has 1 N–H and O–H groups in total. The van der Waals surface area contributed by atoms with Gasteiger partial charge in [0.15, 0.2) is 0 Å². The van der Waals surface area contributed by atoms with Gasteiger partial charge in [-0.25, -0.2) is 4.79 Å². The van der Waals surface area contributed by atoms with Crippen LogP contribution in [0.15, 0.2) is 18.2 Å². The van der Waals surface area contributed by atoms with E-state index in [4.69, 9.17) is 27.9 Å². The van der Waals surface area contributed by atoms with Crippen molar-refractivity contribution in [1.29, 1.82) is 0 Å². The Morgan fingerprint density at radius 2 is 1.86 bits per heavy atom. The maximum Gasteiger partial charge on any atom is 0.317 e. The summed E-state index contributed by atoms with van der Waals surface area (Å²) in [6.07, 6.45) is 0. The molecule has 0 saturated carbocycles. The molecule has 0 aliphatic carbocycles. The zero-order valence-electron chi connectivity index (χ0n) is 11.9. The largest absolute Gasteiger partial charge is 0.383 e. The van der Waals surface area contributed by atoms with Crippen molar-refractivity contribution in [3.05, 3.63) is 28.2 Å². The van der Waals surface area contributed by atoms with Crippen LogP contribution in [0.25, 0.3) is 0 Å². The van der Waals surface area contributed by atoms with E-state index < -0.39 is 0 Å². The van der Waals surface area contributed by atoms with E-state index in [9.17, 15) is 4.79 Å². The molecule has 1 heterocycles. The molecule has 1 aromatic carbocycles. The topological polar surface area (TPSA) is 44.8 Å². The average Bonchev–Trinajstić information content (AvgIpc) is 2.48. The van der Waals surface area contributed by atoms with Gasteiger partial charge in [0, 0.05) is 39.8 Å². The number of para-hydroxylation sites is 1. The van der Waals surface area contributed by atoms with E-state index in [1.807, 2.05) is 18.2 Å². The number of halogens is 2. The fourth-order valence-corrected chi connectivity index (χ4v) is 2.93. The van der Waals surface area contributed by atoms with Crippen molar-refractivity contribution in [2.24, 2.45) is 0 Å². The van der Waals surface area contributed by atoms with Crippen LogP contribution in [0.1, 0.15) is 0 Å². The smallest absolute Gasteiger partial charge is 0.317 e. The SMILES string of the molecule is COCCNC(=O)N1CCN(c2c(Cl)cccc2Cl)CC1. The molecule has 1 saturated heterocycles. The molecular weight excluding hydrogens is 313 g/mol. The summed E-state index contributed by atoms with van der Waals surface area (Å²) in [7, 11) is 1.61. The van der Waals surface area contributed by atoms with Crippen LogP contribution in [0, 0.1) is 0 Å². The van der Waals surface area contributed by atoms with Gasteiger partial charge in [-0.2, -0.15) is 0 Å². The third kappa shape index (κ3) is 4.15. The van der Waals surface area contributed by atoms with Crippen LogP contribution in [-0.4, -0.2) is 57.4 Å². The molecule has 1 fully saturated rings. The molecule has 1 aromatic rings. The number of carbonyl (C=O) groups excluding carboxylic acids is 1. The highest BCUT2D eigenvalue weighted by Gasteiger charge is 2.23. The van der Waals surface area contributed by atoms with Crippen molar-refractivity contribution in [3.8, 4) is 0 Å². The number of hydrogen-bond acceptors (Lipinski definition) is 3. The Bertz CT molecular complexity index is 471. The number of amides is 2. The van der Waals surface area contributed by atoms with Gasteiger partial charge in [-0.05, 0) is 12.1 Å². The Kier molecular flexibility index (Phi) is 5.96. The molecule has 0 bridgehead atoms. The first-order valence-corrected chi connectivity index (χ1v) is 7.59. The number of carbonyl (C=O) groups is 1. The van der Waals surface area contributed by atoms with E-state index in [2.05, 4.69) is 10.2 Å². The normalized spacial score (nSPS) is 15.2. The van der Waals surface area contributed by atoms with Gasteiger partial charge in [0.05, 0.1) is 22.3 Å². The molecule has 7 heteroatoms. The van der Waals surface area contributed by atoms with Crippen LogP contribution in [0.4, 0.5) is 10.5 Å². The van der Waals surface area contributed by atoms with Crippen molar-refractivity contribution < 1.29 is 9.53 Å². The number of anilines is 1. The second kappa shape index (κ2) is 7.73. The second-order valence-corrected chi connectivity index (χ2v) is 5.58. The van der Waals surface area contributed by atoms with Crippen molar-refractivity contribution in [3.63, 3.8) is 0 Å². The van der Waals surface area contributed by atoms with Gasteiger partial charge in [-0.3, -0.25) is 0 Å². The van der Waals surface area contributed by atoms with Crippen LogP contribution in [0.3, 0.4) is 0 Å². The molecule has 2 amide bonds. The lowest BCUT2D eigenvalue weighted by Crippen LogP contribution is -2.52. The molecule has 0 radical (unpaired) electrons. The Morgan fingerprint density at radius 3 is 2.43 bits per heavy atom. The zero-order chi connectivity index (χ0) is 15.2. The summed E-state index contributed by atoms with van der Waals surface area (Å²) in [6, 6.07) is 5.42. The van der Waals surface area contributed by atoms with Gasteiger partial charge in [0.2, 0.25) is 0 Å². The first-order valence-electron chi connectivity index (χ1n) is 6.84. The minimum absolute atomic E-state index is 0.0584. The van der Waals surface area contributed by atoms with Gasteiger partial charge in [-0.1, -0.05) is 29.3 Å². The number of ether oxygens (including phenoxy) is 1. The second-order valence-electron chi connectivity index (χ2n) is 4.77. The molecule has 116 valence electrons. The Labute approximate surface area is 134 Å². The fraction of sp³-hybridized carbons (Fsp3) is 0.500. The summed E-state index contributed by atoms with van der Waals surface area (Å²) in [5, 5.41) is 4.10. The van der Waals surface area contributed by atoms with Crippen molar-refractivity contribution in [2.45, 2.75) is 0 Å². The van der Waals surface area contributed by atoms with E-state index >= 15 is 0 Å². The molecule has 5 nitrogen and oxygen atoms in total. The first kappa shape index (κ1) is 16.2. The minimum Gasteiger partial charge on any atom is -0.383 e. The fourth-order valence-electron chi connectivity index (χ4n) is 2.30. The van der Waals surface area contributed by atoms with Crippen molar-refractivity contribution in [1.82, 2.24) is 10.2 Å². The van der Waals surface area contributed by atoms with E-state index in [0.29, 0.717) is 49.4 Å². The highest BCUT2D eigenvalue weighted by molar-refractivity contribution is 6.39. The van der Waals surface area contributed by atoms with Crippen LogP contribution >= 0.6 is 23.2 Å². The van der Waals surface area contributed by atoms with Gasteiger partial charge in [0.25, 0.3) is 0 Å². The van der Waals surface area contributed by atoms with Gasteiger partial charge in [-0.15, -0.1) is 0 Å². The number of nitrogens with zero attached hydrogens (tertiary/aromatic N) is 2. The molecular formula is C14H19Cl2N3O2. The summed E-state index contributed by atoms with van der Waals surface area (Å²) in [5.74, 6) is 0. The number of methoxy groups -OCH3 is 1. The number of hydrogen-bond donors (Lipinski definition) is 1. The van der Waals surface area contributed by atoms with Gasteiger partial charge >= 0.3 is 6.03 Å². The molecule has 0 spiro atoms. The number of rotatable bonds is 4. The Morgan fingerprint density at radius 1 is 1.24 bits per heavy atom. The number of nitrogens with one attached hydrogen (secondary N) is 1. The van der Waals surface area contributed by atoms with Gasteiger partial charge in [0.1, 0.15) is 0 Å². The van der Waals surface area contributed by atoms with Crippen molar-refractivity contribution in [2.75, 3.05) is 51.3 Å². The summed E-state index contributed by atoms with van der Waals surface area (Å²) >= 11 is 12.4.